The molecule has 0 bridgehead atoms. The number of ether oxygens (including phenoxy) is 1. The van der Waals surface area contributed by atoms with Gasteiger partial charge in [0, 0.05) is 24.2 Å². The van der Waals surface area contributed by atoms with Gasteiger partial charge in [0.15, 0.2) is 5.58 Å². The highest BCUT2D eigenvalue weighted by atomic mass is 35.5. The van der Waals surface area contributed by atoms with Gasteiger partial charge in [-0.15, -0.1) is 0 Å². The zero-order valence-corrected chi connectivity index (χ0v) is 11.0. The van der Waals surface area contributed by atoms with E-state index in [1.54, 1.807) is 6.07 Å². The highest BCUT2D eigenvalue weighted by Gasteiger charge is 2.20. The topological polar surface area (TPSA) is 38.5 Å². The smallest absolute Gasteiger partial charge is 0.262 e. The van der Waals surface area contributed by atoms with Gasteiger partial charge < -0.3 is 14.2 Å². The second kappa shape index (κ2) is 4.78. The minimum absolute atomic E-state index is 0.227. The largest absolute Gasteiger partial charge is 0.472 e. The number of hydrogen-bond acceptors (Lipinski definition) is 4. The first kappa shape index (κ1) is 11.8. The molecule has 18 heavy (non-hydrogen) atoms. The predicted molar refractivity (Wildman–Crippen MR) is 70.2 cm³/mol. The lowest BCUT2D eigenvalue weighted by atomic mass is 10.1. The van der Waals surface area contributed by atoms with Crippen LogP contribution in [0.25, 0.3) is 11.0 Å². The van der Waals surface area contributed by atoms with Crippen molar-refractivity contribution in [2.75, 3.05) is 20.1 Å². The quantitative estimate of drug-likeness (QED) is 0.838. The van der Waals surface area contributed by atoms with Crippen LogP contribution in [0.2, 0.25) is 5.02 Å². The van der Waals surface area contributed by atoms with E-state index >= 15 is 0 Å². The van der Waals surface area contributed by atoms with Gasteiger partial charge in [-0.3, -0.25) is 0 Å². The summed E-state index contributed by atoms with van der Waals surface area (Å²) in [6.07, 6.45) is 2.28. The number of nitrogens with zero attached hydrogens (tertiary/aromatic N) is 2. The number of likely N-dealkylation sites (tertiary alicyclic amines) is 1. The number of aromatic nitrogens is 1. The number of halogens is 1. The van der Waals surface area contributed by atoms with Crippen molar-refractivity contribution >= 4 is 22.6 Å². The molecule has 1 aromatic heterocycles. The van der Waals surface area contributed by atoms with Crippen molar-refractivity contribution < 1.29 is 9.26 Å². The van der Waals surface area contributed by atoms with Crippen molar-refractivity contribution in [2.45, 2.75) is 18.9 Å². The van der Waals surface area contributed by atoms with Gasteiger partial charge in [0.1, 0.15) is 6.10 Å². The third-order valence-corrected chi connectivity index (χ3v) is 3.58. The fraction of sp³-hybridized carbons (Fsp3) is 0.462. The average Bonchev–Trinajstić information content (AvgIpc) is 2.74. The minimum Gasteiger partial charge on any atom is -0.472 e. The van der Waals surface area contributed by atoms with Gasteiger partial charge in [-0.25, -0.2) is 0 Å². The second-order valence-corrected chi connectivity index (χ2v) is 5.19. The number of piperidine rings is 1. The van der Waals surface area contributed by atoms with Crippen LogP contribution in [0.4, 0.5) is 0 Å². The molecular formula is C13H15ClN2O2. The van der Waals surface area contributed by atoms with E-state index in [0.717, 1.165) is 31.3 Å². The molecule has 0 aliphatic carbocycles. The fourth-order valence-electron chi connectivity index (χ4n) is 2.23. The van der Waals surface area contributed by atoms with E-state index in [9.17, 15) is 0 Å². The van der Waals surface area contributed by atoms with Crippen LogP contribution in [-0.2, 0) is 0 Å². The Kier molecular flexibility index (Phi) is 3.14. The van der Waals surface area contributed by atoms with Crippen molar-refractivity contribution in [3.63, 3.8) is 0 Å². The summed E-state index contributed by atoms with van der Waals surface area (Å²) in [7, 11) is 2.13. The molecule has 1 aliphatic rings. The summed E-state index contributed by atoms with van der Waals surface area (Å²) in [5.41, 5.74) is 0.672. The third-order valence-electron chi connectivity index (χ3n) is 3.34. The molecule has 5 heteroatoms. The molecule has 0 radical (unpaired) electrons. The molecule has 1 aliphatic heterocycles. The first-order valence-electron chi connectivity index (χ1n) is 6.12. The molecule has 1 fully saturated rings. The first-order chi connectivity index (χ1) is 8.72. The zero-order chi connectivity index (χ0) is 12.5. The summed E-state index contributed by atoms with van der Waals surface area (Å²) in [5, 5.41) is 5.51. The van der Waals surface area contributed by atoms with Crippen LogP contribution >= 0.6 is 11.6 Å². The molecule has 1 saturated heterocycles. The maximum Gasteiger partial charge on any atom is 0.262 e. The molecule has 2 aromatic rings. The van der Waals surface area contributed by atoms with Crippen LogP contribution < -0.4 is 4.74 Å². The minimum atomic E-state index is 0.227. The van der Waals surface area contributed by atoms with Crippen molar-refractivity contribution in [3.8, 4) is 5.88 Å². The van der Waals surface area contributed by atoms with Gasteiger partial charge in [0.25, 0.3) is 5.88 Å². The molecule has 0 atom stereocenters. The Balaban J connectivity index is 1.78. The van der Waals surface area contributed by atoms with E-state index in [0.29, 0.717) is 16.5 Å². The molecule has 0 N–H and O–H groups in total. The third kappa shape index (κ3) is 2.31. The summed E-state index contributed by atoms with van der Waals surface area (Å²) < 4.78 is 11.1. The molecule has 96 valence electrons. The van der Waals surface area contributed by atoms with Crippen LogP contribution in [0.15, 0.2) is 22.7 Å². The number of rotatable bonds is 2. The van der Waals surface area contributed by atoms with E-state index in [1.165, 1.54) is 0 Å². The van der Waals surface area contributed by atoms with Crippen LogP contribution in [-0.4, -0.2) is 36.3 Å². The Hall–Kier alpha value is -1.26. The Morgan fingerprint density at radius 3 is 2.94 bits per heavy atom. The van der Waals surface area contributed by atoms with Crippen LogP contribution in [0, 0.1) is 0 Å². The SMILES string of the molecule is CN1CCC(Oc2noc3cc(Cl)ccc23)CC1. The Morgan fingerprint density at radius 1 is 1.39 bits per heavy atom. The van der Waals surface area contributed by atoms with E-state index in [1.807, 2.05) is 12.1 Å². The van der Waals surface area contributed by atoms with Gasteiger partial charge in [0.05, 0.1) is 5.39 Å². The predicted octanol–water partition coefficient (Wildman–Crippen LogP) is 2.95. The van der Waals surface area contributed by atoms with Gasteiger partial charge >= 0.3 is 0 Å². The maximum atomic E-state index is 5.92. The standard InChI is InChI=1S/C13H15ClN2O2/c1-16-6-4-10(5-7-16)17-13-11-3-2-9(14)8-12(11)18-15-13/h2-3,8,10H,4-7H2,1H3. The van der Waals surface area contributed by atoms with Gasteiger partial charge in [0.2, 0.25) is 0 Å². The normalized spacial score (nSPS) is 18.3. The van der Waals surface area contributed by atoms with Crippen LogP contribution in [0.5, 0.6) is 5.88 Å². The Morgan fingerprint density at radius 2 is 2.17 bits per heavy atom. The molecule has 0 saturated carbocycles. The molecule has 4 nitrogen and oxygen atoms in total. The fourth-order valence-corrected chi connectivity index (χ4v) is 2.40. The van der Waals surface area contributed by atoms with E-state index in [-0.39, 0.29) is 6.10 Å². The summed E-state index contributed by atoms with van der Waals surface area (Å²) in [6.45, 7) is 2.12. The van der Waals surface area contributed by atoms with E-state index < -0.39 is 0 Å². The highest BCUT2D eigenvalue weighted by molar-refractivity contribution is 6.31. The maximum absolute atomic E-state index is 5.92. The lowest BCUT2D eigenvalue weighted by Gasteiger charge is -2.28. The van der Waals surface area contributed by atoms with Gasteiger partial charge in [-0.2, -0.15) is 0 Å². The monoisotopic (exact) mass is 266 g/mol. The van der Waals surface area contributed by atoms with Gasteiger partial charge in [-0.05, 0) is 37.2 Å². The Bertz CT molecular complexity index is 547. The number of fused-ring (bicyclic) bond motifs is 1. The summed E-state index contributed by atoms with van der Waals surface area (Å²) in [5.74, 6) is 0.580. The molecule has 1 aromatic carbocycles. The number of hydrogen-bond donors (Lipinski definition) is 0. The van der Waals surface area contributed by atoms with Crippen molar-refractivity contribution in [1.29, 1.82) is 0 Å². The average molecular weight is 267 g/mol. The summed E-state index contributed by atoms with van der Waals surface area (Å²) in [4.78, 5) is 2.31. The van der Waals surface area contributed by atoms with Crippen molar-refractivity contribution in [3.05, 3.63) is 23.2 Å². The van der Waals surface area contributed by atoms with E-state index in [2.05, 4.69) is 17.1 Å². The Labute approximate surface area is 110 Å². The van der Waals surface area contributed by atoms with Crippen LogP contribution in [0.3, 0.4) is 0 Å². The lowest BCUT2D eigenvalue weighted by Crippen LogP contribution is -2.35. The molecule has 2 heterocycles. The second-order valence-electron chi connectivity index (χ2n) is 4.75. The zero-order valence-electron chi connectivity index (χ0n) is 10.2. The van der Waals surface area contributed by atoms with Crippen molar-refractivity contribution in [1.82, 2.24) is 10.1 Å². The van der Waals surface area contributed by atoms with Gasteiger partial charge in [-0.1, -0.05) is 11.6 Å². The van der Waals surface area contributed by atoms with E-state index in [4.69, 9.17) is 20.9 Å². The number of benzene rings is 1. The highest BCUT2D eigenvalue weighted by Crippen LogP contribution is 2.29. The first-order valence-corrected chi connectivity index (χ1v) is 6.50. The lowest BCUT2D eigenvalue weighted by molar-refractivity contribution is 0.107. The summed E-state index contributed by atoms with van der Waals surface area (Å²) in [6, 6.07) is 5.46. The molecule has 0 unspecified atom stereocenters. The molecular weight excluding hydrogens is 252 g/mol. The molecule has 0 spiro atoms. The van der Waals surface area contributed by atoms with Crippen molar-refractivity contribution in [2.24, 2.45) is 0 Å². The summed E-state index contributed by atoms with van der Waals surface area (Å²) >= 11 is 5.90. The molecule has 3 rings (SSSR count). The van der Waals surface area contributed by atoms with Crippen LogP contribution in [0.1, 0.15) is 12.8 Å². The molecule has 0 amide bonds.